The Bertz CT molecular complexity index is 1030. The summed E-state index contributed by atoms with van der Waals surface area (Å²) in [5.74, 6) is 0.0460. The summed E-state index contributed by atoms with van der Waals surface area (Å²) in [6.07, 6.45) is 3.18. The molecule has 0 saturated carbocycles. The minimum absolute atomic E-state index is 0. The molecule has 1 atom stereocenters. The highest BCUT2D eigenvalue weighted by atomic mass is 35.5. The van der Waals surface area contributed by atoms with Crippen LogP contribution in [0, 0.1) is 5.92 Å². The Kier molecular flexibility index (Phi) is 7.98. The van der Waals surface area contributed by atoms with Gasteiger partial charge in [-0.15, -0.1) is 24.8 Å². The van der Waals surface area contributed by atoms with E-state index in [-0.39, 0.29) is 36.4 Å². The molecule has 0 amide bonds. The predicted octanol–water partition coefficient (Wildman–Crippen LogP) is 4.31. The van der Waals surface area contributed by atoms with Crippen molar-refractivity contribution in [3.8, 4) is 11.4 Å². The van der Waals surface area contributed by atoms with E-state index in [0.717, 1.165) is 25.1 Å². The molecular weight excluding hydrogens is 435 g/mol. The van der Waals surface area contributed by atoms with Crippen LogP contribution in [0.25, 0.3) is 17.0 Å². The molecule has 2 heterocycles. The number of nitrogens with zero attached hydrogens (tertiary/aromatic N) is 2. The van der Waals surface area contributed by atoms with Gasteiger partial charge in [0.05, 0.1) is 5.92 Å². The molecule has 1 aliphatic heterocycles. The van der Waals surface area contributed by atoms with E-state index in [4.69, 9.17) is 4.98 Å². The summed E-state index contributed by atoms with van der Waals surface area (Å²) in [5, 5.41) is 3.29. The number of H-pyrrole nitrogens is 1. The second-order valence-electron chi connectivity index (χ2n) is 8.06. The zero-order valence-corrected chi connectivity index (χ0v) is 19.5. The number of allylic oxidation sites excluding steroid dienone is 1. The van der Waals surface area contributed by atoms with E-state index in [1.54, 1.807) is 20.1 Å². The number of nitrogens with one attached hydrogen (secondary N) is 2. The quantitative estimate of drug-likeness (QED) is 0.626. The number of imidazole rings is 1. The summed E-state index contributed by atoms with van der Waals surface area (Å²) >= 11 is 0. The summed E-state index contributed by atoms with van der Waals surface area (Å²) < 4.78 is 0. The Morgan fingerprint density at radius 2 is 1.84 bits per heavy atom. The van der Waals surface area contributed by atoms with Gasteiger partial charge >= 0.3 is 0 Å². The van der Waals surface area contributed by atoms with Crippen LogP contribution in [-0.4, -0.2) is 46.4 Å². The Morgan fingerprint density at radius 3 is 2.52 bits per heavy atom. The first-order valence-electron chi connectivity index (χ1n) is 10.2. The van der Waals surface area contributed by atoms with Gasteiger partial charge in [0.2, 0.25) is 0 Å². The van der Waals surface area contributed by atoms with Crippen LogP contribution in [0.1, 0.15) is 49.8 Å². The van der Waals surface area contributed by atoms with Crippen LogP contribution in [0.15, 0.2) is 40.9 Å². The standard InChI is InChI=1S/C23H26N4O2.2ClH/c1-4-24-12-8-11-15-17-16(13-25-23(2,3)21(17)29)18-19(20(15)28)27-22(26-18)14-9-6-5-7-10-14;;/h5-7,9-10,13,15,24H,4,8,11-12H2,1-3H3,(H,26,27);2*1H. The van der Waals surface area contributed by atoms with Gasteiger partial charge in [-0.05, 0) is 39.8 Å². The summed E-state index contributed by atoms with van der Waals surface area (Å²) in [5.41, 5.74) is 2.34. The number of dihydropyridines is 1. The third-order valence-electron chi connectivity index (χ3n) is 5.62. The lowest BCUT2D eigenvalue weighted by Gasteiger charge is -2.32. The molecule has 6 nitrogen and oxygen atoms in total. The molecule has 1 unspecified atom stereocenters. The van der Waals surface area contributed by atoms with Crippen LogP contribution >= 0.6 is 24.8 Å². The Balaban J connectivity index is 0.00000171. The fraction of sp³-hybridized carbons (Fsp3) is 0.391. The minimum atomic E-state index is -0.852. The molecule has 31 heavy (non-hydrogen) atoms. The maximum Gasteiger partial charge on any atom is 0.188 e. The van der Waals surface area contributed by atoms with Gasteiger partial charge < -0.3 is 10.3 Å². The summed E-state index contributed by atoms with van der Waals surface area (Å²) in [7, 11) is 0. The van der Waals surface area contributed by atoms with Crippen molar-refractivity contribution >= 4 is 48.2 Å². The number of fused-ring (bicyclic) bond motifs is 2. The van der Waals surface area contributed by atoms with Crippen molar-refractivity contribution < 1.29 is 9.59 Å². The molecule has 2 N–H and O–H groups in total. The van der Waals surface area contributed by atoms with E-state index in [1.165, 1.54) is 0 Å². The SMILES string of the molecule is CCNCCCC1C(=O)c2[nH]c(-c3ccccc3)nc2C2=C1C(=O)C(C)(C)N=C2.Cl.Cl. The molecule has 2 aliphatic rings. The van der Waals surface area contributed by atoms with Crippen LogP contribution in [0.3, 0.4) is 0 Å². The number of aromatic amines is 1. The molecule has 8 heteroatoms. The van der Waals surface area contributed by atoms with Crippen LogP contribution < -0.4 is 5.32 Å². The zero-order chi connectivity index (χ0) is 20.6. The molecule has 0 bridgehead atoms. The van der Waals surface area contributed by atoms with E-state index < -0.39 is 11.5 Å². The number of carbonyl (C=O) groups excluding carboxylic acids is 2. The first-order valence-corrected chi connectivity index (χ1v) is 10.2. The first kappa shape index (κ1) is 25.0. The average molecular weight is 463 g/mol. The van der Waals surface area contributed by atoms with Gasteiger partial charge in [-0.25, -0.2) is 4.98 Å². The fourth-order valence-electron chi connectivity index (χ4n) is 4.01. The fourth-order valence-corrected chi connectivity index (χ4v) is 4.01. The molecule has 0 fully saturated rings. The van der Waals surface area contributed by atoms with E-state index >= 15 is 0 Å². The van der Waals surface area contributed by atoms with Crippen molar-refractivity contribution in [2.24, 2.45) is 10.9 Å². The van der Waals surface area contributed by atoms with Gasteiger partial charge in [0.25, 0.3) is 0 Å². The molecule has 0 saturated heterocycles. The summed E-state index contributed by atoms with van der Waals surface area (Å²) in [6, 6.07) is 9.69. The maximum absolute atomic E-state index is 13.4. The van der Waals surface area contributed by atoms with E-state index in [0.29, 0.717) is 34.8 Å². The van der Waals surface area contributed by atoms with Gasteiger partial charge in [-0.3, -0.25) is 14.6 Å². The number of rotatable bonds is 6. The number of benzene rings is 1. The van der Waals surface area contributed by atoms with Gasteiger partial charge in [0.1, 0.15) is 22.8 Å². The van der Waals surface area contributed by atoms with Crippen LogP contribution in [0.2, 0.25) is 0 Å². The predicted molar refractivity (Wildman–Crippen MR) is 129 cm³/mol. The molecule has 1 aliphatic carbocycles. The van der Waals surface area contributed by atoms with Crippen molar-refractivity contribution in [3.05, 3.63) is 47.3 Å². The number of hydrogen-bond donors (Lipinski definition) is 2. The summed E-state index contributed by atoms with van der Waals surface area (Å²) in [6.45, 7) is 7.35. The van der Waals surface area contributed by atoms with Crippen molar-refractivity contribution in [1.29, 1.82) is 0 Å². The van der Waals surface area contributed by atoms with Gasteiger partial charge in [0.15, 0.2) is 11.6 Å². The Morgan fingerprint density at radius 1 is 1.13 bits per heavy atom. The van der Waals surface area contributed by atoms with Crippen LogP contribution in [0.4, 0.5) is 0 Å². The number of ketones is 2. The van der Waals surface area contributed by atoms with Gasteiger partial charge in [-0.1, -0.05) is 37.3 Å². The highest BCUT2D eigenvalue weighted by molar-refractivity contribution is 6.30. The van der Waals surface area contributed by atoms with Crippen molar-refractivity contribution in [3.63, 3.8) is 0 Å². The molecule has 166 valence electrons. The lowest BCUT2D eigenvalue weighted by molar-refractivity contribution is -0.119. The van der Waals surface area contributed by atoms with E-state index in [1.807, 2.05) is 30.3 Å². The Hall–Kier alpha value is -2.28. The normalized spacial score (nSPS) is 18.7. The maximum atomic E-state index is 13.4. The zero-order valence-electron chi connectivity index (χ0n) is 17.9. The third kappa shape index (κ3) is 4.52. The molecule has 1 aromatic heterocycles. The number of aromatic nitrogens is 2. The number of hydrogen-bond acceptors (Lipinski definition) is 5. The molecule has 0 spiro atoms. The number of aliphatic imine (C=N–C) groups is 1. The molecule has 4 rings (SSSR count). The molecule has 1 aromatic carbocycles. The second kappa shape index (κ2) is 9.90. The third-order valence-corrected chi connectivity index (χ3v) is 5.62. The van der Waals surface area contributed by atoms with Crippen molar-refractivity contribution in [1.82, 2.24) is 15.3 Å². The number of Topliss-reactive ketones (excluding diaryl/α,β-unsaturated/α-hetero) is 2. The van der Waals surface area contributed by atoms with E-state index in [2.05, 4.69) is 22.2 Å². The molecular formula is C23H28Cl2N4O2. The monoisotopic (exact) mass is 462 g/mol. The van der Waals surface area contributed by atoms with Crippen LogP contribution in [-0.2, 0) is 4.79 Å². The molecule has 2 aromatic rings. The average Bonchev–Trinajstić information content (AvgIpc) is 3.16. The summed E-state index contributed by atoms with van der Waals surface area (Å²) in [4.78, 5) is 39.0. The highest BCUT2D eigenvalue weighted by Gasteiger charge is 2.45. The van der Waals surface area contributed by atoms with Crippen LogP contribution in [0.5, 0.6) is 0 Å². The topological polar surface area (TPSA) is 87.2 Å². The first-order chi connectivity index (χ1) is 13.9. The van der Waals surface area contributed by atoms with Gasteiger partial charge in [-0.2, -0.15) is 0 Å². The highest BCUT2D eigenvalue weighted by Crippen LogP contribution is 2.41. The van der Waals surface area contributed by atoms with E-state index in [9.17, 15) is 9.59 Å². The minimum Gasteiger partial charge on any atom is -0.335 e. The lowest BCUT2D eigenvalue weighted by atomic mass is 9.73. The Labute approximate surface area is 194 Å². The lowest BCUT2D eigenvalue weighted by Crippen LogP contribution is -2.41. The molecule has 0 radical (unpaired) electrons. The second-order valence-corrected chi connectivity index (χ2v) is 8.06. The number of halogens is 2. The van der Waals surface area contributed by atoms with Gasteiger partial charge in [0, 0.05) is 22.9 Å². The smallest absolute Gasteiger partial charge is 0.188 e. The largest absolute Gasteiger partial charge is 0.335 e. The number of carbonyl (C=O) groups is 2. The van der Waals surface area contributed by atoms with Crippen molar-refractivity contribution in [2.45, 2.75) is 39.2 Å². The van der Waals surface area contributed by atoms with Crippen molar-refractivity contribution in [2.75, 3.05) is 13.1 Å².